The molecule has 2 aromatic rings. The topological polar surface area (TPSA) is 59.0 Å². The fourth-order valence-electron chi connectivity index (χ4n) is 3.02. The van der Waals surface area contributed by atoms with Crippen molar-refractivity contribution in [3.05, 3.63) is 47.7 Å². The van der Waals surface area contributed by atoms with Crippen molar-refractivity contribution in [3.8, 4) is 0 Å². The van der Waals surface area contributed by atoms with Crippen LogP contribution in [0.5, 0.6) is 0 Å². The lowest BCUT2D eigenvalue weighted by atomic mass is 9.96. The van der Waals surface area contributed by atoms with Crippen LogP contribution in [0.1, 0.15) is 44.9 Å². The number of benzene rings is 1. The summed E-state index contributed by atoms with van der Waals surface area (Å²) in [6.07, 6.45) is 2.24. The van der Waals surface area contributed by atoms with Crippen molar-refractivity contribution >= 4 is 11.8 Å². The zero-order valence-electron chi connectivity index (χ0n) is 14.9. The van der Waals surface area contributed by atoms with Crippen LogP contribution in [-0.4, -0.2) is 22.4 Å². The van der Waals surface area contributed by atoms with E-state index in [1.54, 1.807) is 0 Å². The van der Waals surface area contributed by atoms with Gasteiger partial charge in [0.25, 0.3) is 0 Å². The van der Waals surface area contributed by atoms with E-state index in [0.717, 1.165) is 24.4 Å². The van der Waals surface area contributed by atoms with Crippen LogP contribution in [0, 0.1) is 6.92 Å². The van der Waals surface area contributed by atoms with Gasteiger partial charge in [-0.1, -0.05) is 30.3 Å². The highest BCUT2D eigenvalue weighted by molar-refractivity contribution is 5.88. The third-order valence-corrected chi connectivity index (χ3v) is 4.54. The van der Waals surface area contributed by atoms with Gasteiger partial charge in [0.2, 0.25) is 0 Å². The van der Waals surface area contributed by atoms with Gasteiger partial charge in [-0.05, 0) is 46.1 Å². The van der Waals surface area contributed by atoms with Crippen LogP contribution < -0.4 is 10.6 Å². The SMILES string of the molecule is Cc1cc(NC(=O)NCC2(c3ccccc3)CC2)n(C(C)(C)C)n1. The number of amides is 2. The second-order valence-corrected chi connectivity index (χ2v) is 7.71. The van der Waals surface area contributed by atoms with Crippen molar-refractivity contribution < 1.29 is 4.79 Å². The standard InChI is InChI=1S/C19H26N4O/c1-14-12-16(23(22-14)18(2,3)4)21-17(24)20-13-19(10-11-19)15-8-6-5-7-9-15/h5-9,12H,10-11,13H2,1-4H3,(H2,20,21,24). The van der Waals surface area contributed by atoms with Gasteiger partial charge in [0.05, 0.1) is 11.2 Å². The second-order valence-electron chi connectivity index (χ2n) is 7.71. The molecule has 0 bridgehead atoms. The third-order valence-electron chi connectivity index (χ3n) is 4.54. The predicted octanol–water partition coefficient (Wildman–Crippen LogP) is 3.80. The van der Waals surface area contributed by atoms with Gasteiger partial charge in [0.15, 0.2) is 0 Å². The van der Waals surface area contributed by atoms with E-state index in [1.807, 2.05) is 23.7 Å². The number of aryl methyl sites for hydroxylation is 1. The Morgan fingerprint density at radius 1 is 1.25 bits per heavy atom. The first kappa shape index (κ1) is 16.6. The molecule has 5 nitrogen and oxygen atoms in total. The van der Waals surface area contributed by atoms with Crippen LogP contribution in [0.4, 0.5) is 10.6 Å². The fourth-order valence-corrected chi connectivity index (χ4v) is 3.02. The van der Waals surface area contributed by atoms with Crippen molar-refractivity contribution in [2.45, 2.75) is 51.5 Å². The summed E-state index contributed by atoms with van der Waals surface area (Å²) in [5, 5.41) is 10.4. The van der Waals surface area contributed by atoms with Gasteiger partial charge in [0, 0.05) is 18.0 Å². The molecule has 1 heterocycles. The van der Waals surface area contributed by atoms with Crippen molar-refractivity contribution in [1.82, 2.24) is 15.1 Å². The molecule has 0 aliphatic heterocycles. The maximum atomic E-state index is 12.3. The smallest absolute Gasteiger partial charge is 0.320 e. The molecule has 1 aromatic carbocycles. The van der Waals surface area contributed by atoms with E-state index < -0.39 is 0 Å². The number of carbonyl (C=O) groups is 1. The molecule has 1 fully saturated rings. The molecule has 1 aliphatic carbocycles. The molecular weight excluding hydrogens is 300 g/mol. The highest BCUT2D eigenvalue weighted by Crippen LogP contribution is 2.47. The van der Waals surface area contributed by atoms with Gasteiger partial charge in [-0.25, -0.2) is 9.48 Å². The molecule has 24 heavy (non-hydrogen) atoms. The summed E-state index contributed by atoms with van der Waals surface area (Å²) < 4.78 is 1.85. The Balaban J connectivity index is 1.63. The summed E-state index contributed by atoms with van der Waals surface area (Å²) in [4.78, 5) is 12.3. The lowest BCUT2D eigenvalue weighted by molar-refractivity contribution is 0.250. The average Bonchev–Trinajstić information content (AvgIpc) is 3.23. The molecule has 128 valence electrons. The summed E-state index contributed by atoms with van der Waals surface area (Å²) in [5.74, 6) is 0.724. The highest BCUT2D eigenvalue weighted by atomic mass is 16.2. The maximum Gasteiger partial charge on any atom is 0.320 e. The highest BCUT2D eigenvalue weighted by Gasteiger charge is 2.44. The van der Waals surface area contributed by atoms with Crippen LogP contribution in [0.15, 0.2) is 36.4 Å². The lowest BCUT2D eigenvalue weighted by Gasteiger charge is -2.23. The molecule has 1 aromatic heterocycles. The first-order valence-electron chi connectivity index (χ1n) is 8.48. The van der Waals surface area contributed by atoms with E-state index >= 15 is 0 Å². The largest absolute Gasteiger partial charge is 0.337 e. The number of nitrogens with zero attached hydrogens (tertiary/aromatic N) is 2. The third kappa shape index (κ3) is 3.45. The van der Waals surface area contributed by atoms with E-state index in [9.17, 15) is 4.79 Å². The number of aromatic nitrogens is 2. The number of carbonyl (C=O) groups excluding carboxylic acids is 1. The van der Waals surface area contributed by atoms with Gasteiger partial charge < -0.3 is 5.32 Å². The van der Waals surface area contributed by atoms with E-state index in [-0.39, 0.29) is 17.0 Å². The zero-order valence-corrected chi connectivity index (χ0v) is 14.9. The number of urea groups is 1. The minimum atomic E-state index is -0.182. The predicted molar refractivity (Wildman–Crippen MR) is 96.3 cm³/mol. The molecule has 0 atom stereocenters. The normalized spacial score (nSPS) is 15.8. The zero-order chi connectivity index (χ0) is 17.4. The fraction of sp³-hybridized carbons (Fsp3) is 0.474. The Kier molecular flexibility index (Phi) is 4.11. The van der Waals surface area contributed by atoms with Crippen molar-refractivity contribution in [3.63, 3.8) is 0 Å². The minimum Gasteiger partial charge on any atom is -0.337 e. The molecule has 5 heteroatoms. The molecule has 0 unspecified atom stereocenters. The van der Waals surface area contributed by atoms with E-state index in [4.69, 9.17) is 0 Å². The molecule has 2 amide bonds. The summed E-state index contributed by atoms with van der Waals surface area (Å²) >= 11 is 0. The monoisotopic (exact) mass is 326 g/mol. The molecule has 0 spiro atoms. The number of hydrogen-bond donors (Lipinski definition) is 2. The molecule has 3 rings (SSSR count). The van der Waals surface area contributed by atoms with Crippen molar-refractivity contribution in [1.29, 1.82) is 0 Å². The summed E-state index contributed by atoms with van der Waals surface area (Å²) in [6.45, 7) is 8.79. The maximum absolute atomic E-state index is 12.3. The molecule has 1 aliphatic rings. The second kappa shape index (κ2) is 5.96. The van der Waals surface area contributed by atoms with Gasteiger partial charge in [-0.2, -0.15) is 5.10 Å². The van der Waals surface area contributed by atoms with Gasteiger partial charge >= 0.3 is 6.03 Å². The summed E-state index contributed by atoms with van der Waals surface area (Å²) in [7, 11) is 0. The summed E-state index contributed by atoms with van der Waals surface area (Å²) in [6, 6.07) is 12.1. The van der Waals surface area contributed by atoms with Crippen LogP contribution in [0.3, 0.4) is 0 Å². The van der Waals surface area contributed by atoms with Crippen LogP contribution in [0.2, 0.25) is 0 Å². The number of anilines is 1. The molecule has 0 saturated heterocycles. The first-order valence-corrected chi connectivity index (χ1v) is 8.48. The number of rotatable bonds is 4. The Morgan fingerprint density at radius 2 is 1.92 bits per heavy atom. The van der Waals surface area contributed by atoms with Gasteiger partial charge in [0.1, 0.15) is 5.82 Å². The Morgan fingerprint density at radius 3 is 2.50 bits per heavy atom. The molecular formula is C19H26N4O. The number of hydrogen-bond acceptors (Lipinski definition) is 2. The van der Waals surface area contributed by atoms with Crippen LogP contribution in [-0.2, 0) is 11.0 Å². The van der Waals surface area contributed by atoms with Gasteiger partial charge in [-0.3, -0.25) is 5.32 Å². The Hall–Kier alpha value is -2.30. The molecule has 2 N–H and O–H groups in total. The van der Waals surface area contributed by atoms with Crippen molar-refractivity contribution in [2.75, 3.05) is 11.9 Å². The Bertz CT molecular complexity index is 724. The molecule has 1 saturated carbocycles. The Labute approximate surface area is 143 Å². The van der Waals surface area contributed by atoms with Crippen molar-refractivity contribution in [2.24, 2.45) is 0 Å². The number of nitrogens with one attached hydrogen (secondary N) is 2. The molecule has 0 radical (unpaired) electrons. The van der Waals surface area contributed by atoms with Crippen LogP contribution in [0.25, 0.3) is 0 Å². The van der Waals surface area contributed by atoms with Crippen LogP contribution >= 0.6 is 0 Å². The first-order chi connectivity index (χ1) is 11.3. The minimum absolute atomic E-state index is 0.110. The lowest BCUT2D eigenvalue weighted by Crippen LogP contribution is -2.36. The average molecular weight is 326 g/mol. The van der Waals surface area contributed by atoms with E-state index in [2.05, 4.69) is 60.8 Å². The quantitative estimate of drug-likeness (QED) is 0.898. The van der Waals surface area contributed by atoms with E-state index in [0.29, 0.717) is 6.54 Å². The van der Waals surface area contributed by atoms with E-state index in [1.165, 1.54) is 5.56 Å². The van der Waals surface area contributed by atoms with Gasteiger partial charge in [-0.15, -0.1) is 0 Å². The summed E-state index contributed by atoms with van der Waals surface area (Å²) in [5.41, 5.74) is 2.13.